The predicted octanol–water partition coefficient (Wildman–Crippen LogP) is 3.11. The first kappa shape index (κ1) is 19.0. The van der Waals surface area contributed by atoms with Crippen molar-refractivity contribution >= 4 is 28.5 Å². The van der Waals surface area contributed by atoms with E-state index in [1.807, 2.05) is 56.3 Å². The lowest BCUT2D eigenvalue weighted by molar-refractivity contribution is -0.126. The van der Waals surface area contributed by atoms with E-state index in [0.29, 0.717) is 23.8 Å². The van der Waals surface area contributed by atoms with Crippen LogP contribution in [-0.4, -0.2) is 35.4 Å². The molecular formula is C22H24N4O3. The van der Waals surface area contributed by atoms with Crippen molar-refractivity contribution in [3.05, 3.63) is 53.9 Å². The van der Waals surface area contributed by atoms with Gasteiger partial charge in [0.15, 0.2) is 0 Å². The Morgan fingerprint density at radius 1 is 1.31 bits per heavy atom. The number of hydrogen-bond donors (Lipinski definition) is 2. The van der Waals surface area contributed by atoms with E-state index in [2.05, 4.69) is 15.3 Å². The fourth-order valence-electron chi connectivity index (χ4n) is 3.70. The van der Waals surface area contributed by atoms with E-state index in [1.54, 1.807) is 12.0 Å². The number of ether oxygens (including phenoxy) is 1. The highest BCUT2D eigenvalue weighted by Crippen LogP contribution is 2.34. The minimum absolute atomic E-state index is 0.0783. The lowest BCUT2D eigenvalue weighted by Gasteiger charge is -2.20. The van der Waals surface area contributed by atoms with Gasteiger partial charge in [-0.3, -0.25) is 9.59 Å². The molecule has 1 aliphatic heterocycles. The van der Waals surface area contributed by atoms with Gasteiger partial charge in [-0.2, -0.15) is 0 Å². The highest BCUT2D eigenvalue weighted by atomic mass is 16.5. The first-order valence-corrected chi connectivity index (χ1v) is 9.66. The van der Waals surface area contributed by atoms with Crippen molar-refractivity contribution in [3.8, 4) is 5.75 Å². The molecule has 150 valence electrons. The number of benzene rings is 2. The quantitative estimate of drug-likeness (QED) is 0.698. The highest BCUT2D eigenvalue weighted by Gasteiger charge is 2.37. The molecule has 2 heterocycles. The van der Waals surface area contributed by atoms with Crippen molar-refractivity contribution in [2.24, 2.45) is 5.92 Å². The van der Waals surface area contributed by atoms with Crippen LogP contribution in [0, 0.1) is 12.8 Å². The number of rotatable bonds is 5. The number of carbonyl (C=O) groups excluding carboxylic acids is 2. The van der Waals surface area contributed by atoms with Crippen LogP contribution in [-0.2, 0) is 9.59 Å². The lowest BCUT2D eigenvalue weighted by atomic mass is 10.1. The van der Waals surface area contributed by atoms with Crippen LogP contribution in [0.2, 0.25) is 0 Å². The second kappa shape index (κ2) is 7.58. The molecule has 0 spiro atoms. The summed E-state index contributed by atoms with van der Waals surface area (Å²) in [5, 5.41) is 2.99. The standard InChI is InChI=1S/C22H24N4O3/c1-13-8-9-19(29-3)18(10-13)26-12-15(11-20(26)27)22(28)23-14(2)21-24-16-6-4-5-7-17(16)25-21/h4-10,14-15H,11-12H2,1-3H3,(H,23,28)(H,24,25). The van der Waals surface area contributed by atoms with Crippen molar-refractivity contribution in [2.75, 3.05) is 18.6 Å². The minimum atomic E-state index is -0.417. The number of anilines is 1. The van der Waals surface area contributed by atoms with Crippen LogP contribution in [0.4, 0.5) is 5.69 Å². The van der Waals surface area contributed by atoms with E-state index in [4.69, 9.17) is 4.74 Å². The maximum Gasteiger partial charge on any atom is 0.227 e. The number of carbonyl (C=O) groups is 2. The molecule has 0 aliphatic carbocycles. The van der Waals surface area contributed by atoms with Gasteiger partial charge in [0.1, 0.15) is 11.6 Å². The Kier molecular flexibility index (Phi) is 4.96. The number of aromatic nitrogens is 2. The van der Waals surface area contributed by atoms with Crippen molar-refractivity contribution in [2.45, 2.75) is 26.3 Å². The van der Waals surface area contributed by atoms with E-state index in [-0.39, 0.29) is 24.3 Å². The summed E-state index contributed by atoms with van der Waals surface area (Å²) in [5.74, 6) is 0.673. The van der Waals surface area contributed by atoms with E-state index < -0.39 is 5.92 Å². The number of H-pyrrole nitrogens is 1. The van der Waals surface area contributed by atoms with Crippen LogP contribution in [0.5, 0.6) is 5.75 Å². The minimum Gasteiger partial charge on any atom is -0.495 e. The number of amides is 2. The van der Waals surface area contributed by atoms with Crippen LogP contribution in [0.25, 0.3) is 11.0 Å². The zero-order valence-corrected chi connectivity index (χ0v) is 16.7. The van der Waals surface area contributed by atoms with Crippen LogP contribution in [0.3, 0.4) is 0 Å². The predicted molar refractivity (Wildman–Crippen MR) is 111 cm³/mol. The fraction of sp³-hybridized carbons (Fsp3) is 0.318. The van der Waals surface area contributed by atoms with Gasteiger partial charge in [0.2, 0.25) is 11.8 Å². The molecule has 2 N–H and O–H groups in total. The Labute approximate surface area is 169 Å². The number of nitrogens with one attached hydrogen (secondary N) is 2. The summed E-state index contributed by atoms with van der Waals surface area (Å²) < 4.78 is 5.40. The second-order valence-corrected chi connectivity index (χ2v) is 7.45. The van der Waals surface area contributed by atoms with Crippen molar-refractivity contribution in [1.82, 2.24) is 15.3 Å². The number of hydrogen-bond acceptors (Lipinski definition) is 4. The molecule has 2 unspecified atom stereocenters. The van der Waals surface area contributed by atoms with E-state index in [9.17, 15) is 9.59 Å². The van der Waals surface area contributed by atoms with Crippen molar-refractivity contribution < 1.29 is 14.3 Å². The summed E-state index contributed by atoms with van der Waals surface area (Å²) in [6.45, 7) is 4.17. The molecular weight excluding hydrogens is 368 g/mol. The Morgan fingerprint density at radius 2 is 2.10 bits per heavy atom. The Bertz CT molecular complexity index is 1040. The Morgan fingerprint density at radius 3 is 2.86 bits per heavy atom. The molecule has 0 radical (unpaired) electrons. The summed E-state index contributed by atoms with van der Waals surface area (Å²) in [5.41, 5.74) is 3.52. The third-order valence-electron chi connectivity index (χ3n) is 5.30. The highest BCUT2D eigenvalue weighted by molar-refractivity contribution is 6.01. The van der Waals surface area contributed by atoms with Crippen molar-refractivity contribution in [3.63, 3.8) is 0 Å². The van der Waals surface area contributed by atoms with Gasteiger partial charge in [0, 0.05) is 13.0 Å². The zero-order valence-electron chi connectivity index (χ0n) is 16.7. The normalized spacial score (nSPS) is 17.6. The Balaban J connectivity index is 1.47. The number of methoxy groups -OCH3 is 1. The topological polar surface area (TPSA) is 87.3 Å². The van der Waals surface area contributed by atoms with Crippen LogP contribution in [0.15, 0.2) is 42.5 Å². The summed E-state index contributed by atoms with van der Waals surface area (Å²) in [7, 11) is 1.58. The molecule has 1 fully saturated rings. The van der Waals surface area contributed by atoms with Gasteiger partial charge >= 0.3 is 0 Å². The molecule has 7 nitrogen and oxygen atoms in total. The van der Waals surface area contributed by atoms with Gasteiger partial charge < -0.3 is 19.9 Å². The number of fused-ring (bicyclic) bond motifs is 1. The van der Waals surface area contributed by atoms with Gasteiger partial charge in [0.25, 0.3) is 0 Å². The second-order valence-electron chi connectivity index (χ2n) is 7.45. The third kappa shape index (κ3) is 3.68. The van der Waals surface area contributed by atoms with Gasteiger partial charge in [-0.1, -0.05) is 18.2 Å². The smallest absolute Gasteiger partial charge is 0.227 e. The van der Waals surface area contributed by atoms with Crippen LogP contribution < -0.4 is 15.0 Å². The molecule has 3 aromatic rings. The van der Waals surface area contributed by atoms with Crippen molar-refractivity contribution in [1.29, 1.82) is 0 Å². The lowest BCUT2D eigenvalue weighted by Crippen LogP contribution is -2.35. The summed E-state index contributed by atoms with van der Waals surface area (Å²) >= 11 is 0. The average molecular weight is 392 g/mol. The number of para-hydroxylation sites is 2. The summed E-state index contributed by atoms with van der Waals surface area (Å²) in [6, 6.07) is 13.1. The molecule has 1 aliphatic rings. The zero-order chi connectivity index (χ0) is 20.5. The molecule has 0 saturated carbocycles. The monoisotopic (exact) mass is 392 g/mol. The summed E-state index contributed by atoms with van der Waals surface area (Å²) in [6.07, 6.45) is 0.176. The van der Waals surface area contributed by atoms with Gasteiger partial charge in [-0.05, 0) is 43.7 Å². The molecule has 29 heavy (non-hydrogen) atoms. The van der Waals surface area contributed by atoms with Gasteiger partial charge in [-0.15, -0.1) is 0 Å². The molecule has 1 saturated heterocycles. The largest absolute Gasteiger partial charge is 0.495 e. The number of aryl methyl sites for hydroxylation is 1. The third-order valence-corrected chi connectivity index (χ3v) is 5.30. The molecule has 4 rings (SSSR count). The van der Waals surface area contributed by atoms with Gasteiger partial charge in [0.05, 0.1) is 35.8 Å². The maximum absolute atomic E-state index is 12.8. The first-order valence-electron chi connectivity index (χ1n) is 9.66. The number of aromatic amines is 1. The average Bonchev–Trinajstić information content (AvgIpc) is 3.31. The molecule has 2 atom stereocenters. The number of nitrogens with zero attached hydrogens (tertiary/aromatic N) is 2. The van der Waals surface area contributed by atoms with E-state index >= 15 is 0 Å². The molecule has 0 bridgehead atoms. The SMILES string of the molecule is COc1ccc(C)cc1N1CC(C(=O)NC(C)c2nc3ccccc3[nH]2)CC1=O. The van der Waals surface area contributed by atoms with Crippen LogP contribution in [0.1, 0.15) is 30.8 Å². The Hall–Kier alpha value is -3.35. The molecule has 2 aromatic carbocycles. The van der Waals surface area contributed by atoms with E-state index in [0.717, 1.165) is 16.6 Å². The summed E-state index contributed by atoms with van der Waals surface area (Å²) in [4.78, 5) is 34.9. The van der Waals surface area contributed by atoms with Gasteiger partial charge in [-0.25, -0.2) is 4.98 Å². The number of imidazole rings is 1. The maximum atomic E-state index is 12.8. The molecule has 1 aromatic heterocycles. The molecule has 7 heteroatoms. The fourth-order valence-corrected chi connectivity index (χ4v) is 3.70. The molecule has 2 amide bonds. The van der Waals surface area contributed by atoms with E-state index in [1.165, 1.54) is 0 Å². The van der Waals surface area contributed by atoms with Crippen LogP contribution >= 0.6 is 0 Å². The first-order chi connectivity index (χ1) is 14.0.